The predicted molar refractivity (Wildman–Crippen MR) is 78.0 cm³/mol. The minimum atomic E-state index is -0.269. The molecule has 0 saturated carbocycles. The molecule has 0 radical (unpaired) electrons. The Hall–Kier alpha value is -1.33. The van der Waals surface area contributed by atoms with E-state index in [2.05, 4.69) is 17.0 Å². The summed E-state index contributed by atoms with van der Waals surface area (Å²) in [7, 11) is 1.96. The van der Waals surface area contributed by atoms with Gasteiger partial charge < -0.3 is 10.2 Å². The van der Waals surface area contributed by atoms with Crippen LogP contribution in [0.4, 0.5) is 5.69 Å². The monoisotopic (exact) mass is 282 g/mol. The van der Waals surface area contributed by atoms with Gasteiger partial charge in [-0.15, -0.1) is 6.58 Å². The lowest BCUT2D eigenvalue weighted by atomic mass is 10.1. The maximum atomic E-state index is 12.0. The zero-order chi connectivity index (χ0) is 13.8. The van der Waals surface area contributed by atoms with Crippen molar-refractivity contribution < 1.29 is 0 Å². The number of anilines is 1. The van der Waals surface area contributed by atoms with Gasteiger partial charge in [0.2, 0.25) is 0 Å². The van der Waals surface area contributed by atoms with Gasteiger partial charge in [0.1, 0.15) is 5.02 Å². The van der Waals surface area contributed by atoms with E-state index in [4.69, 9.17) is 11.6 Å². The third kappa shape index (κ3) is 2.98. The first-order valence-corrected chi connectivity index (χ1v) is 6.83. The van der Waals surface area contributed by atoms with Gasteiger partial charge in [-0.25, -0.2) is 4.68 Å². The van der Waals surface area contributed by atoms with E-state index in [0.717, 1.165) is 25.9 Å². The molecule has 1 aliphatic heterocycles. The Kier molecular flexibility index (Phi) is 4.61. The molecule has 2 rings (SSSR count). The molecule has 0 amide bonds. The first-order valence-electron chi connectivity index (χ1n) is 6.45. The van der Waals surface area contributed by atoms with E-state index in [1.54, 1.807) is 12.3 Å². The highest BCUT2D eigenvalue weighted by atomic mass is 35.5. The molecule has 0 aromatic carbocycles. The predicted octanol–water partition coefficient (Wildman–Crippen LogP) is 1.27. The first kappa shape index (κ1) is 14.1. The number of allylic oxidation sites excluding steroid dienone is 1. The van der Waals surface area contributed by atoms with Crippen molar-refractivity contribution in [1.29, 1.82) is 0 Å². The molecule has 1 saturated heterocycles. The fraction of sp³-hybridized carbons (Fsp3) is 0.538. The standard InChI is InChI=1S/C13H19ClN4O/c1-3-7-18-13(19)12(14)11(9-16-18)17(2)10-5-4-6-15-8-10/h3,9-10,15H,1,4-8H2,2H3. The highest BCUT2D eigenvalue weighted by Crippen LogP contribution is 2.23. The van der Waals surface area contributed by atoms with Crippen LogP contribution in [0.1, 0.15) is 12.8 Å². The van der Waals surface area contributed by atoms with Gasteiger partial charge in [-0.3, -0.25) is 4.79 Å². The molecular weight excluding hydrogens is 264 g/mol. The normalized spacial score (nSPS) is 19.2. The van der Waals surface area contributed by atoms with Crippen LogP contribution in [0.5, 0.6) is 0 Å². The van der Waals surface area contributed by atoms with Gasteiger partial charge >= 0.3 is 0 Å². The van der Waals surface area contributed by atoms with E-state index in [1.807, 2.05) is 11.9 Å². The molecule has 0 spiro atoms. The Labute approximate surface area is 117 Å². The van der Waals surface area contributed by atoms with Gasteiger partial charge in [-0.05, 0) is 19.4 Å². The topological polar surface area (TPSA) is 50.2 Å². The lowest BCUT2D eigenvalue weighted by Crippen LogP contribution is -2.45. The summed E-state index contributed by atoms with van der Waals surface area (Å²) in [6.07, 6.45) is 5.50. The number of likely N-dealkylation sites (N-methyl/N-ethyl adjacent to an activating group) is 1. The van der Waals surface area contributed by atoms with Crippen LogP contribution in [-0.4, -0.2) is 36.0 Å². The van der Waals surface area contributed by atoms with Crippen molar-refractivity contribution in [2.24, 2.45) is 0 Å². The molecule has 1 aromatic rings. The summed E-state index contributed by atoms with van der Waals surface area (Å²) in [6.45, 7) is 5.92. The Balaban J connectivity index is 2.26. The molecule has 2 heterocycles. The number of halogens is 1. The van der Waals surface area contributed by atoms with Crippen LogP contribution in [0.2, 0.25) is 5.02 Å². The fourth-order valence-corrected chi connectivity index (χ4v) is 2.59. The summed E-state index contributed by atoms with van der Waals surface area (Å²) in [4.78, 5) is 14.1. The van der Waals surface area contributed by atoms with Crippen LogP contribution in [-0.2, 0) is 6.54 Å². The van der Waals surface area contributed by atoms with Gasteiger partial charge in [0.15, 0.2) is 0 Å². The molecule has 104 valence electrons. The lowest BCUT2D eigenvalue weighted by molar-refractivity contribution is 0.444. The van der Waals surface area contributed by atoms with E-state index in [0.29, 0.717) is 18.3 Å². The molecule has 1 aromatic heterocycles. The molecule has 0 aliphatic carbocycles. The van der Waals surface area contributed by atoms with Crippen molar-refractivity contribution in [3.63, 3.8) is 0 Å². The van der Waals surface area contributed by atoms with E-state index in [-0.39, 0.29) is 10.6 Å². The maximum Gasteiger partial charge on any atom is 0.287 e. The number of nitrogens with zero attached hydrogens (tertiary/aromatic N) is 3. The SMILES string of the molecule is C=CCn1ncc(N(C)C2CCCNC2)c(Cl)c1=O. The number of rotatable bonds is 4. The summed E-state index contributed by atoms with van der Waals surface area (Å²) >= 11 is 6.18. The number of piperidine rings is 1. The van der Waals surface area contributed by atoms with Crippen LogP contribution < -0.4 is 15.8 Å². The lowest BCUT2D eigenvalue weighted by Gasteiger charge is -2.33. The number of hydrogen-bond acceptors (Lipinski definition) is 4. The molecule has 1 N–H and O–H groups in total. The number of aromatic nitrogens is 2. The van der Waals surface area contributed by atoms with Crippen LogP contribution in [0.3, 0.4) is 0 Å². The van der Waals surface area contributed by atoms with E-state index in [9.17, 15) is 4.79 Å². The van der Waals surface area contributed by atoms with Crippen molar-refractivity contribution in [2.45, 2.75) is 25.4 Å². The van der Waals surface area contributed by atoms with E-state index in [1.165, 1.54) is 4.68 Å². The Morgan fingerprint density at radius 3 is 3.16 bits per heavy atom. The molecule has 1 unspecified atom stereocenters. The molecule has 0 bridgehead atoms. The molecule has 1 atom stereocenters. The minimum absolute atomic E-state index is 0.227. The summed E-state index contributed by atoms with van der Waals surface area (Å²) < 4.78 is 1.31. The van der Waals surface area contributed by atoms with Crippen LogP contribution >= 0.6 is 11.6 Å². The van der Waals surface area contributed by atoms with E-state index < -0.39 is 0 Å². The molecular formula is C13H19ClN4O. The summed E-state index contributed by atoms with van der Waals surface area (Å²) in [6, 6.07) is 0.350. The van der Waals surface area contributed by atoms with Gasteiger partial charge in [0.05, 0.1) is 18.4 Å². The smallest absolute Gasteiger partial charge is 0.287 e. The molecule has 1 aliphatic rings. The largest absolute Gasteiger partial charge is 0.368 e. The summed E-state index contributed by atoms with van der Waals surface area (Å²) in [5.41, 5.74) is 0.426. The van der Waals surface area contributed by atoms with Crippen molar-refractivity contribution in [2.75, 3.05) is 25.0 Å². The van der Waals surface area contributed by atoms with Crippen molar-refractivity contribution >= 4 is 17.3 Å². The average Bonchev–Trinajstić information content (AvgIpc) is 2.45. The van der Waals surface area contributed by atoms with Crippen molar-refractivity contribution in [3.8, 4) is 0 Å². The van der Waals surface area contributed by atoms with Gasteiger partial charge in [-0.2, -0.15) is 5.10 Å². The third-order valence-corrected chi connectivity index (χ3v) is 3.82. The van der Waals surface area contributed by atoms with E-state index >= 15 is 0 Å². The third-order valence-electron chi connectivity index (χ3n) is 3.47. The second kappa shape index (κ2) is 6.21. The van der Waals surface area contributed by atoms with Crippen molar-refractivity contribution in [3.05, 3.63) is 34.2 Å². The fourth-order valence-electron chi connectivity index (χ4n) is 2.32. The van der Waals surface area contributed by atoms with Gasteiger partial charge in [0.25, 0.3) is 5.56 Å². The highest BCUT2D eigenvalue weighted by Gasteiger charge is 2.21. The molecule has 5 nitrogen and oxygen atoms in total. The average molecular weight is 283 g/mol. The number of nitrogens with one attached hydrogen (secondary N) is 1. The molecule has 6 heteroatoms. The Morgan fingerprint density at radius 1 is 1.74 bits per heavy atom. The zero-order valence-electron chi connectivity index (χ0n) is 11.1. The first-order chi connectivity index (χ1) is 9.15. The molecule has 1 fully saturated rings. The second-order valence-electron chi connectivity index (χ2n) is 4.73. The molecule has 19 heavy (non-hydrogen) atoms. The summed E-state index contributed by atoms with van der Waals surface area (Å²) in [5, 5.41) is 7.71. The highest BCUT2D eigenvalue weighted by molar-refractivity contribution is 6.33. The summed E-state index contributed by atoms with van der Waals surface area (Å²) in [5.74, 6) is 0. The second-order valence-corrected chi connectivity index (χ2v) is 5.11. The minimum Gasteiger partial charge on any atom is -0.368 e. The van der Waals surface area contributed by atoms with Crippen LogP contribution in [0.25, 0.3) is 0 Å². The Morgan fingerprint density at radius 2 is 2.53 bits per heavy atom. The Bertz CT molecular complexity index is 508. The van der Waals surface area contributed by atoms with Gasteiger partial charge in [-0.1, -0.05) is 17.7 Å². The van der Waals surface area contributed by atoms with Crippen molar-refractivity contribution in [1.82, 2.24) is 15.1 Å². The number of hydrogen-bond donors (Lipinski definition) is 1. The maximum absolute atomic E-state index is 12.0. The quantitative estimate of drug-likeness (QED) is 0.845. The van der Waals surface area contributed by atoms with Gasteiger partial charge in [0, 0.05) is 19.6 Å². The van der Waals surface area contributed by atoms with Crippen LogP contribution in [0, 0.1) is 0 Å². The van der Waals surface area contributed by atoms with Crippen LogP contribution in [0.15, 0.2) is 23.6 Å². The zero-order valence-corrected chi connectivity index (χ0v) is 11.9.